The number of hydrogen-bond acceptors (Lipinski definition) is 4. The van der Waals surface area contributed by atoms with Gasteiger partial charge >= 0.3 is 0 Å². The smallest absolute Gasteiger partial charge is 0.0590 e. The molecular weight excluding hydrogens is 340 g/mol. The lowest BCUT2D eigenvalue weighted by Gasteiger charge is -2.09. The summed E-state index contributed by atoms with van der Waals surface area (Å²) in [4.78, 5) is 1.07. The number of anilines is 1. The summed E-state index contributed by atoms with van der Waals surface area (Å²) in [5, 5.41) is 5.62. The number of aryl methyl sites for hydroxylation is 1. The second-order valence-electron chi connectivity index (χ2n) is 3.94. The van der Waals surface area contributed by atoms with Crippen LogP contribution in [0.3, 0.4) is 0 Å². The Morgan fingerprint density at radius 3 is 2.53 bits per heavy atom. The van der Waals surface area contributed by atoms with Gasteiger partial charge in [0.15, 0.2) is 0 Å². The van der Waals surface area contributed by atoms with E-state index in [1.165, 1.54) is 17.5 Å². The highest BCUT2D eigenvalue weighted by molar-refractivity contribution is 9.10. The number of nitrogens with two attached hydrogens (primary N) is 1. The van der Waals surface area contributed by atoms with Crippen molar-refractivity contribution in [3.63, 3.8) is 0 Å². The van der Waals surface area contributed by atoms with Gasteiger partial charge in [-0.15, -0.1) is 0 Å². The van der Waals surface area contributed by atoms with Gasteiger partial charge in [-0.25, -0.2) is 0 Å². The van der Waals surface area contributed by atoms with Crippen molar-refractivity contribution >= 4 is 45.5 Å². The molecule has 0 unspecified atom stereocenters. The van der Waals surface area contributed by atoms with E-state index < -0.39 is 0 Å². The lowest BCUT2D eigenvalue weighted by atomic mass is 10.2. The Morgan fingerprint density at radius 1 is 1.05 bits per heavy atom. The molecule has 2 aromatic carbocycles. The van der Waals surface area contributed by atoms with Crippen LogP contribution in [0.1, 0.15) is 5.56 Å². The van der Waals surface area contributed by atoms with Crippen LogP contribution in [0.4, 0.5) is 5.69 Å². The lowest BCUT2D eigenvalue weighted by molar-refractivity contribution is 1.16. The number of benzene rings is 2. The van der Waals surface area contributed by atoms with Gasteiger partial charge in [0.1, 0.15) is 0 Å². The van der Waals surface area contributed by atoms with Crippen LogP contribution in [0.15, 0.2) is 57.9 Å². The second kappa shape index (κ2) is 7.85. The zero-order chi connectivity index (χ0) is 13.5. The molecule has 0 heterocycles. The average molecular weight is 355 g/mol. The average Bonchev–Trinajstić information content (AvgIpc) is 2.46. The summed E-state index contributed by atoms with van der Waals surface area (Å²) in [7, 11) is 0. The van der Waals surface area contributed by atoms with E-state index in [1.54, 1.807) is 11.9 Å². The first-order chi connectivity index (χ1) is 9.29. The van der Waals surface area contributed by atoms with Gasteiger partial charge < -0.3 is 4.72 Å². The number of para-hydroxylation sites is 1. The van der Waals surface area contributed by atoms with Crippen LogP contribution in [-0.2, 0) is 6.42 Å². The first-order valence-electron chi connectivity index (χ1n) is 5.87. The Kier molecular flexibility index (Phi) is 6.10. The van der Waals surface area contributed by atoms with E-state index in [2.05, 4.69) is 44.9 Å². The van der Waals surface area contributed by atoms with Crippen LogP contribution in [-0.4, -0.2) is 5.75 Å². The molecule has 0 fully saturated rings. The maximum Gasteiger partial charge on any atom is 0.0590 e. The van der Waals surface area contributed by atoms with Crippen molar-refractivity contribution in [2.24, 2.45) is 5.14 Å². The molecule has 2 nitrogen and oxygen atoms in total. The van der Waals surface area contributed by atoms with Crippen LogP contribution in [0.25, 0.3) is 0 Å². The number of hydrogen-bond donors (Lipinski definition) is 2. The highest BCUT2D eigenvalue weighted by Gasteiger charge is 2.00. The first-order valence-corrected chi connectivity index (χ1v) is 8.53. The molecule has 0 saturated carbocycles. The molecule has 0 aliphatic heterocycles. The molecule has 0 atom stereocenters. The van der Waals surface area contributed by atoms with Crippen LogP contribution in [0.5, 0.6) is 0 Å². The summed E-state index contributed by atoms with van der Waals surface area (Å²) in [5.41, 5.74) is 2.43. The number of nitrogens with one attached hydrogen (secondary N) is 1. The van der Waals surface area contributed by atoms with Crippen molar-refractivity contribution in [1.29, 1.82) is 0 Å². The van der Waals surface area contributed by atoms with Gasteiger partial charge in [0.25, 0.3) is 0 Å². The Hall–Kier alpha value is -0.620. The van der Waals surface area contributed by atoms with Gasteiger partial charge in [-0.2, -0.15) is 0 Å². The monoisotopic (exact) mass is 354 g/mol. The van der Waals surface area contributed by atoms with Crippen LogP contribution < -0.4 is 9.86 Å². The second-order valence-corrected chi connectivity index (χ2v) is 6.43. The van der Waals surface area contributed by atoms with Crippen molar-refractivity contribution < 1.29 is 0 Å². The van der Waals surface area contributed by atoms with Crippen LogP contribution in [0.2, 0.25) is 0 Å². The van der Waals surface area contributed by atoms with Crippen LogP contribution >= 0.6 is 39.8 Å². The molecule has 0 bridgehead atoms. The van der Waals surface area contributed by atoms with E-state index in [1.807, 2.05) is 24.3 Å². The predicted molar refractivity (Wildman–Crippen MR) is 90.4 cm³/mol. The zero-order valence-corrected chi connectivity index (χ0v) is 13.5. The van der Waals surface area contributed by atoms with Crippen molar-refractivity contribution in [2.45, 2.75) is 11.3 Å². The molecule has 0 saturated heterocycles. The molecule has 5 heteroatoms. The Labute approximate surface area is 130 Å². The minimum absolute atomic E-state index is 1.02. The summed E-state index contributed by atoms with van der Waals surface area (Å²) in [6, 6.07) is 16.5. The molecule has 19 heavy (non-hydrogen) atoms. The molecule has 0 aromatic heterocycles. The van der Waals surface area contributed by atoms with Crippen molar-refractivity contribution in [2.75, 3.05) is 10.5 Å². The quantitative estimate of drug-likeness (QED) is 0.581. The maximum atomic E-state index is 5.62. The van der Waals surface area contributed by atoms with E-state index in [9.17, 15) is 0 Å². The van der Waals surface area contributed by atoms with Gasteiger partial charge in [0, 0.05) is 15.1 Å². The lowest BCUT2D eigenvalue weighted by Crippen LogP contribution is -1.95. The molecule has 100 valence electrons. The van der Waals surface area contributed by atoms with Gasteiger partial charge in [0.2, 0.25) is 0 Å². The summed E-state index contributed by atoms with van der Waals surface area (Å²) in [6.45, 7) is 0. The highest BCUT2D eigenvalue weighted by Crippen LogP contribution is 2.25. The highest BCUT2D eigenvalue weighted by atomic mass is 79.9. The Balaban J connectivity index is 1.79. The van der Waals surface area contributed by atoms with Crippen molar-refractivity contribution in [1.82, 2.24) is 0 Å². The Morgan fingerprint density at radius 2 is 1.79 bits per heavy atom. The van der Waals surface area contributed by atoms with Gasteiger partial charge in [0.05, 0.1) is 5.69 Å². The number of rotatable bonds is 6. The predicted octanol–water partition coefficient (Wildman–Crippen LogP) is 4.72. The normalized spacial score (nSPS) is 10.4. The van der Waals surface area contributed by atoms with Gasteiger partial charge in [-0.3, -0.25) is 5.14 Å². The third kappa shape index (κ3) is 4.76. The molecule has 0 aliphatic carbocycles. The minimum atomic E-state index is 1.02. The third-order valence-electron chi connectivity index (χ3n) is 2.60. The van der Waals surface area contributed by atoms with Crippen molar-refractivity contribution in [3.8, 4) is 0 Å². The van der Waals surface area contributed by atoms with Gasteiger partial charge in [-0.1, -0.05) is 52.1 Å². The molecule has 0 spiro atoms. The minimum Gasteiger partial charge on any atom is -0.329 e. The molecule has 3 N–H and O–H groups in total. The third-order valence-corrected chi connectivity index (χ3v) is 4.51. The summed E-state index contributed by atoms with van der Waals surface area (Å²) in [5.74, 6) is 1.02. The fraction of sp³-hybridized carbons (Fsp3) is 0.143. The summed E-state index contributed by atoms with van der Waals surface area (Å²) < 4.78 is 4.47. The maximum absolute atomic E-state index is 5.62. The standard InChI is InChI=1S/C14H15BrN2S2/c15-12-7-5-11(6-8-12)9-10-18-17-13-3-1-2-4-14(13)19-16/h1-8,17H,9-10,16H2. The summed E-state index contributed by atoms with van der Waals surface area (Å²) in [6.07, 6.45) is 1.04. The summed E-state index contributed by atoms with van der Waals surface area (Å²) >= 11 is 6.42. The topological polar surface area (TPSA) is 38.0 Å². The van der Waals surface area contributed by atoms with Gasteiger partial charge in [-0.05, 0) is 48.2 Å². The fourth-order valence-electron chi connectivity index (χ4n) is 1.60. The first kappa shape index (κ1) is 14.8. The van der Waals surface area contributed by atoms with E-state index in [-0.39, 0.29) is 0 Å². The Bertz CT molecular complexity index is 517. The van der Waals surface area contributed by atoms with Crippen molar-refractivity contribution in [3.05, 3.63) is 58.6 Å². The van der Waals surface area contributed by atoms with E-state index in [0.717, 1.165) is 27.2 Å². The molecule has 2 aromatic rings. The van der Waals surface area contributed by atoms with E-state index in [0.29, 0.717) is 0 Å². The SMILES string of the molecule is NSc1ccccc1NSCCc1ccc(Br)cc1. The number of halogens is 1. The van der Waals surface area contributed by atoms with Crippen LogP contribution in [0, 0.1) is 0 Å². The molecule has 0 radical (unpaired) electrons. The zero-order valence-electron chi connectivity index (χ0n) is 10.3. The fourth-order valence-corrected chi connectivity index (χ4v) is 3.11. The molecule has 0 amide bonds. The van der Waals surface area contributed by atoms with E-state index >= 15 is 0 Å². The molecule has 0 aliphatic rings. The largest absolute Gasteiger partial charge is 0.329 e. The molecule has 2 rings (SSSR count). The van der Waals surface area contributed by atoms with E-state index in [4.69, 9.17) is 5.14 Å². The molecular formula is C14H15BrN2S2.